The van der Waals surface area contributed by atoms with Crippen LogP contribution >= 0.6 is 0 Å². The Bertz CT molecular complexity index is 437. The van der Waals surface area contributed by atoms with Crippen molar-refractivity contribution in [2.45, 2.75) is 98.8 Å². The molecule has 0 aromatic heterocycles. The van der Waals surface area contributed by atoms with E-state index in [0.29, 0.717) is 12.0 Å². The van der Waals surface area contributed by atoms with Crippen LogP contribution in [0.25, 0.3) is 0 Å². The topological polar surface area (TPSA) is 9.23 Å². The quantitative estimate of drug-likeness (QED) is 0.329. The molecule has 2 rings (SSSR count). The average Bonchev–Trinajstić information content (AvgIpc) is 3.11. The third kappa shape index (κ3) is 6.43. The van der Waals surface area contributed by atoms with Gasteiger partial charge in [0.15, 0.2) is 0 Å². The molecule has 1 heterocycles. The van der Waals surface area contributed by atoms with Gasteiger partial charge in [-0.05, 0) is 0 Å². The molecule has 0 unspecified atom stereocenters. The van der Waals surface area contributed by atoms with Gasteiger partial charge in [0.25, 0.3) is 0 Å². The molecule has 0 N–H and O–H groups in total. The van der Waals surface area contributed by atoms with Crippen LogP contribution in [0.2, 0.25) is 21.0 Å². The summed E-state index contributed by atoms with van der Waals surface area (Å²) in [6.45, 7) is 8.07. The van der Waals surface area contributed by atoms with Crippen LogP contribution < -0.4 is 0 Å². The number of benzene rings is 1. The van der Waals surface area contributed by atoms with Gasteiger partial charge in [0, 0.05) is 0 Å². The van der Waals surface area contributed by atoms with Crippen molar-refractivity contribution < 1.29 is 4.74 Å². The number of ether oxygens (including phenoxy) is 1. The summed E-state index contributed by atoms with van der Waals surface area (Å²) in [5, 5.41) is 6.20. The van der Waals surface area contributed by atoms with Gasteiger partial charge in [0.05, 0.1) is 0 Å². The Kier molecular flexibility index (Phi) is 9.62. The van der Waals surface area contributed by atoms with Crippen LogP contribution in [0.5, 0.6) is 0 Å². The third-order valence-corrected chi connectivity index (χ3v) is 17.8. The summed E-state index contributed by atoms with van der Waals surface area (Å²) < 4.78 is 6.36. The third-order valence-electron chi connectivity index (χ3n) is 6.25. The Morgan fingerprint density at radius 1 is 0.880 bits per heavy atom. The predicted molar refractivity (Wildman–Crippen MR) is 113 cm³/mol. The second kappa shape index (κ2) is 11.4. The van der Waals surface area contributed by atoms with Crippen molar-refractivity contribution in [2.75, 3.05) is 6.61 Å². The summed E-state index contributed by atoms with van der Waals surface area (Å²) >= 11 is -1.83. The minimum absolute atomic E-state index is 0.507. The van der Waals surface area contributed by atoms with Gasteiger partial charge >= 0.3 is 159 Å². The van der Waals surface area contributed by atoms with Crippen LogP contribution in [0.15, 0.2) is 30.3 Å². The maximum absolute atomic E-state index is 6.36. The van der Waals surface area contributed by atoms with Crippen LogP contribution in [0, 0.1) is 0 Å². The molecule has 0 bridgehead atoms. The first-order valence-electron chi connectivity index (χ1n) is 10.9. The predicted octanol–water partition coefficient (Wildman–Crippen LogP) is 7.41. The Morgan fingerprint density at radius 2 is 1.44 bits per heavy atom. The van der Waals surface area contributed by atoms with Gasteiger partial charge in [0.1, 0.15) is 0 Å². The molecule has 1 fully saturated rings. The van der Waals surface area contributed by atoms with Crippen molar-refractivity contribution in [3.8, 4) is 0 Å². The van der Waals surface area contributed by atoms with Crippen molar-refractivity contribution in [3.63, 3.8) is 0 Å². The zero-order chi connectivity index (χ0) is 18.0. The van der Waals surface area contributed by atoms with E-state index in [2.05, 4.69) is 51.1 Å². The van der Waals surface area contributed by atoms with E-state index in [1.165, 1.54) is 55.8 Å². The van der Waals surface area contributed by atoms with Crippen LogP contribution in [0.1, 0.15) is 77.2 Å². The Balaban J connectivity index is 2.14. The van der Waals surface area contributed by atoms with Gasteiger partial charge in [-0.1, -0.05) is 0 Å². The van der Waals surface area contributed by atoms with E-state index in [4.69, 9.17) is 4.74 Å². The standard InChI is InChI=1S/C23H40GeO/c1-4-7-16-24(17-8-5-2,18-9-6-3)20-23-22(15-19-25-23)21-13-11-10-12-14-21/h10-14,22-23H,4-9,15-20H2,1-3H3/t22-,23-/m1/s1. The SMILES string of the molecule is CCC[CH2][Ge]([CH2]CCC)([CH2]CCC)[CH2][C@H]1OCC[C@@H]1c1ccccc1. The number of rotatable bonds is 12. The molecular weight excluding hydrogens is 365 g/mol. The molecule has 1 aromatic rings. The zero-order valence-corrected chi connectivity index (χ0v) is 19.0. The van der Waals surface area contributed by atoms with Crippen molar-refractivity contribution >= 4 is 13.3 Å². The fourth-order valence-corrected chi connectivity index (χ4v) is 17.1. The van der Waals surface area contributed by atoms with Crippen molar-refractivity contribution in [3.05, 3.63) is 35.9 Å². The summed E-state index contributed by atoms with van der Waals surface area (Å²) in [4.78, 5) is 0. The van der Waals surface area contributed by atoms with Gasteiger partial charge in [-0.15, -0.1) is 0 Å². The summed E-state index contributed by atoms with van der Waals surface area (Å²) in [5.74, 6) is 0.649. The van der Waals surface area contributed by atoms with Crippen LogP contribution in [0.4, 0.5) is 0 Å². The molecule has 0 saturated carbocycles. The van der Waals surface area contributed by atoms with Gasteiger partial charge in [0.2, 0.25) is 0 Å². The minimum atomic E-state index is -1.83. The van der Waals surface area contributed by atoms with Crippen LogP contribution in [-0.2, 0) is 4.74 Å². The van der Waals surface area contributed by atoms with Crippen molar-refractivity contribution in [1.29, 1.82) is 0 Å². The van der Waals surface area contributed by atoms with E-state index in [0.717, 1.165) is 6.61 Å². The van der Waals surface area contributed by atoms with Crippen molar-refractivity contribution in [2.24, 2.45) is 0 Å². The first-order valence-corrected chi connectivity index (χ1v) is 16.8. The van der Waals surface area contributed by atoms with E-state index < -0.39 is 13.3 Å². The van der Waals surface area contributed by atoms with E-state index in [9.17, 15) is 0 Å². The van der Waals surface area contributed by atoms with Gasteiger partial charge in [-0.2, -0.15) is 0 Å². The fraction of sp³-hybridized carbons (Fsp3) is 0.739. The van der Waals surface area contributed by atoms with Gasteiger partial charge in [-0.3, -0.25) is 0 Å². The second-order valence-electron chi connectivity index (χ2n) is 8.23. The molecule has 1 aliphatic heterocycles. The molecular formula is C23H40GeO. The van der Waals surface area contributed by atoms with Crippen LogP contribution in [-0.4, -0.2) is 26.0 Å². The summed E-state index contributed by atoms with van der Waals surface area (Å²) in [5.41, 5.74) is 1.52. The average molecular weight is 405 g/mol. The van der Waals surface area contributed by atoms with Gasteiger partial charge in [-0.25, -0.2) is 0 Å². The van der Waals surface area contributed by atoms with Gasteiger partial charge < -0.3 is 0 Å². The molecule has 0 amide bonds. The monoisotopic (exact) mass is 406 g/mol. The molecule has 1 aromatic carbocycles. The number of unbranched alkanes of at least 4 members (excludes halogenated alkanes) is 3. The first kappa shape index (κ1) is 21.0. The molecule has 1 saturated heterocycles. The van der Waals surface area contributed by atoms with Crippen molar-refractivity contribution in [1.82, 2.24) is 0 Å². The summed E-state index contributed by atoms with van der Waals surface area (Å²) in [7, 11) is 0. The molecule has 1 aliphatic rings. The van der Waals surface area contributed by atoms with E-state index in [1.807, 2.05) is 0 Å². The first-order chi connectivity index (χ1) is 12.2. The molecule has 1 nitrogen and oxygen atoms in total. The number of hydrogen-bond acceptors (Lipinski definition) is 1. The Hall–Kier alpha value is -0.277. The molecule has 2 atom stereocenters. The van der Waals surface area contributed by atoms with Crippen LogP contribution in [0.3, 0.4) is 0 Å². The van der Waals surface area contributed by atoms with E-state index in [1.54, 1.807) is 15.8 Å². The van der Waals surface area contributed by atoms with E-state index in [-0.39, 0.29) is 0 Å². The Morgan fingerprint density at radius 3 is 1.96 bits per heavy atom. The zero-order valence-electron chi connectivity index (χ0n) is 16.9. The molecule has 0 aliphatic carbocycles. The number of hydrogen-bond donors (Lipinski definition) is 0. The second-order valence-corrected chi connectivity index (χ2v) is 18.5. The normalized spacial score (nSPS) is 20.9. The fourth-order valence-electron chi connectivity index (χ4n) is 4.69. The summed E-state index contributed by atoms with van der Waals surface area (Å²) in [6, 6.07) is 11.2. The summed E-state index contributed by atoms with van der Waals surface area (Å²) in [6.07, 6.45) is 10.2. The molecule has 25 heavy (non-hydrogen) atoms. The molecule has 2 heteroatoms. The maximum atomic E-state index is 6.36. The molecule has 142 valence electrons. The van der Waals surface area contributed by atoms with E-state index >= 15 is 0 Å². The Labute approximate surface area is 159 Å². The molecule has 0 radical (unpaired) electrons. The molecule has 0 spiro atoms.